The molecule has 0 heterocycles. The molecule has 10 heteroatoms. The average molecular weight is 1050 g/mol. The second-order valence-electron chi connectivity index (χ2n) is 22.0. The van der Waals surface area contributed by atoms with Gasteiger partial charge < -0.3 is 20.1 Å². The zero-order valence-electron chi connectivity index (χ0n) is 48.7. The third-order valence-electron chi connectivity index (χ3n) is 14.7. The second kappa shape index (κ2) is 60.0. The fraction of sp³-hybridized carbons (Fsp3) is 0.937. The van der Waals surface area contributed by atoms with Gasteiger partial charge in [-0.15, -0.1) is 0 Å². The van der Waals surface area contributed by atoms with E-state index in [0.29, 0.717) is 6.42 Å². The summed E-state index contributed by atoms with van der Waals surface area (Å²) in [6.07, 6.45) is 70.1. The van der Waals surface area contributed by atoms with E-state index in [-0.39, 0.29) is 38.6 Å². The molecule has 0 saturated heterocycles. The van der Waals surface area contributed by atoms with Crippen LogP contribution in [0.15, 0.2) is 12.2 Å². The molecule has 0 aromatic heterocycles. The maximum absolute atomic E-state index is 12.7. The van der Waals surface area contributed by atoms with Crippen LogP contribution in [0, 0.1) is 0 Å². The van der Waals surface area contributed by atoms with Crippen molar-refractivity contribution in [1.82, 2.24) is 0 Å². The largest absolute Gasteiger partial charge is 0.472 e. The Labute approximate surface area is 453 Å². The lowest BCUT2D eigenvalue weighted by Crippen LogP contribution is -2.29. The Kier molecular flexibility index (Phi) is 59.0. The van der Waals surface area contributed by atoms with Crippen molar-refractivity contribution in [3.05, 3.63) is 12.2 Å². The Bertz CT molecular complexity index is 1200. The maximum atomic E-state index is 12.7. The number of rotatable bonds is 62. The standard InChI is InChI=1S/C63H124NO8P/c1-3-5-7-9-11-13-15-17-19-21-23-25-26-27-28-29-30-31-32-33-34-36-37-39-41-43-45-47-49-51-53-55-62(65)69-59-61(60-71-73(67,68)70-58-57-64)72-63(66)56-54-52-50-48-46-44-42-40-38-35-24-22-20-18-16-14-12-10-8-6-4-2/h22,24,61H,3-21,23,25-60,64H2,1-2H3,(H,67,68)/b24-22-. The number of carbonyl (C=O) groups excluding carboxylic acids is 2. The minimum absolute atomic E-state index is 0.0565. The minimum Gasteiger partial charge on any atom is -0.462 e. The minimum atomic E-state index is -4.38. The summed E-state index contributed by atoms with van der Waals surface area (Å²) >= 11 is 0. The highest BCUT2D eigenvalue weighted by atomic mass is 31.2. The summed E-state index contributed by atoms with van der Waals surface area (Å²) in [7, 11) is -4.38. The Morgan fingerprint density at radius 3 is 0.973 bits per heavy atom. The molecule has 0 amide bonds. The van der Waals surface area contributed by atoms with Crippen molar-refractivity contribution in [3.63, 3.8) is 0 Å². The van der Waals surface area contributed by atoms with Crippen LogP contribution in [0.3, 0.4) is 0 Å². The number of ether oxygens (including phenoxy) is 2. The molecule has 0 bridgehead atoms. The van der Waals surface area contributed by atoms with E-state index in [4.69, 9.17) is 24.3 Å². The summed E-state index contributed by atoms with van der Waals surface area (Å²) in [6.45, 7) is 3.82. The van der Waals surface area contributed by atoms with Crippen LogP contribution in [0.4, 0.5) is 0 Å². The Morgan fingerprint density at radius 2 is 0.671 bits per heavy atom. The third kappa shape index (κ3) is 59.8. The van der Waals surface area contributed by atoms with Crippen LogP contribution in [-0.2, 0) is 32.7 Å². The van der Waals surface area contributed by atoms with Gasteiger partial charge in [-0.3, -0.25) is 18.6 Å². The highest BCUT2D eigenvalue weighted by Gasteiger charge is 2.26. The summed E-state index contributed by atoms with van der Waals surface area (Å²) in [6, 6.07) is 0. The van der Waals surface area contributed by atoms with Gasteiger partial charge in [0, 0.05) is 19.4 Å². The molecule has 0 radical (unpaired) electrons. The Hall–Kier alpha value is -1.25. The maximum Gasteiger partial charge on any atom is 0.472 e. The fourth-order valence-corrected chi connectivity index (χ4v) is 10.6. The molecule has 0 rings (SSSR count). The van der Waals surface area contributed by atoms with E-state index in [1.54, 1.807) is 0 Å². The molecule has 0 aromatic rings. The lowest BCUT2D eigenvalue weighted by Gasteiger charge is -2.19. The molecule has 0 saturated carbocycles. The number of hydrogen-bond acceptors (Lipinski definition) is 8. The third-order valence-corrected chi connectivity index (χ3v) is 15.6. The van der Waals surface area contributed by atoms with Crippen molar-refractivity contribution in [2.24, 2.45) is 5.73 Å². The van der Waals surface area contributed by atoms with E-state index < -0.39 is 26.5 Å². The van der Waals surface area contributed by atoms with E-state index in [0.717, 1.165) is 38.5 Å². The normalized spacial score (nSPS) is 13.0. The molecule has 73 heavy (non-hydrogen) atoms. The van der Waals surface area contributed by atoms with E-state index in [1.807, 2.05) is 0 Å². The monoisotopic (exact) mass is 1050 g/mol. The number of unbranched alkanes of at least 4 members (excludes halogenated alkanes) is 47. The van der Waals surface area contributed by atoms with Gasteiger partial charge in [-0.25, -0.2) is 4.57 Å². The predicted molar refractivity (Wildman–Crippen MR) is 312 cm³/mol. The van der Waals surface area contributed by atoms with E-state index >= 15 is 0 Å². The van der Waals surface area contributed by atoms with Crippen LogP contribution in [-0.4, -0.2) is 49.3 Å². The molecule has 434 valence electrons. The molecule has 0 fully saturated rings. The van der Waals surface area contributed by atoms with Crippen LogP contribution in [0.2, 0.25) is 0 Å². The number of esters is 2. The van der Waals surface area contributed by atoms with Crippen LogP contribution >= 0.6 is 7.82 Å². The van der Waals surface area contributed by atoms with Gasteiger partial charge in [0.1, 0.15) is 6.61 Å². The first kappa shape index (κ1) is 71.8. The van der Waals surface area contributed by atoms with E-state index in [1.165, 1.54) is 276 Å². The zero-order valence-corrected chi connectivity index (χ0v) is 49.6. The van der Waals surface area contributed by atoms with E-state index in [2.05, 4.69) is 26.0 Å². The van der Waals surface area contributed by atoms with Gasteiger partial charge in [0.2, 0.25) is 0 Å². The summed E-state index contributed by atoms with van der Waals surface area (Å²) in [4.78, 5) is 35.2. The highest BCUT2D eigenvalue weighted by Crippen LogP contribution is 2.43. The highest BCUT2D eigenvalue weighted by molar-refractivity contribution is 7.47. The van der Waals surface area contributed by atoms with Crippen molar-refractivity contribution in [1.29, 1.82) is 0 Å². The van der Waals surface area contributed by atoms with Gasteiger partial charge in [0.25, 0.3) is 0 Å². The molecular weight excluding hydrogens is 930 g/mol. The lowest BCUT2D eigenvalue weighted by atomic mass is 10.0. The lowest BCUT2D eigenvalue weighted by molar-refractivity contribution is -0.161. The predicted octanol–water partition coefficient (Wildman–Crippen LogP) is 20.4. The van der Waals surface area contributed by atoms with Crippen molar-refractivity contribution in [2.45, 2.75) is 354 Å². The molecule has 0 spiro atoms. The zero-order chi connectivity index (χ0) is 53.1. The number of carbonyl (C=O) groups is 2. The number of nitrogens with two attached hydrogens (primary N) is 1. The molecule has 0 aromatic carbocycles. The molecule has 0 aliphatic carbocycles. The quantitative estimate of drug-likeness (QED) is 0.0264. The molecule has 2 atom stereocenters. The van der Waals surface area contributed by atoms with Gasteiger partial charge in [0.15, 0.2) is 6.10 Å². The number of phosphoric acid groups is 1. The van der Waals surface area contributed by atoms with Gasteiger partial charge in [-0.1, -0.05) is 309 Å². The fourth-order valence-electron chi connectivity index (χ4n) is 9.87. The number of phosphoric ester groups is 1. The second-order valence-corrected chi connectivity index (χ2v) is 23.4. The Morgan fingerprint density at radius 1 is 0.397 bits per heavy atom. The average Bonchev–Trinajstić information content (AvgIpc) is 3.38. The van der Waals surface area contributed by atoms with E-state index in [9.17, 15) is 19.0 Å². The van der Waals surface area contributed by atoms with Crippen LogP contribution in [0.25, 0.3) is 0 Å². The molecule has 3 N–H and O–H groups in total. The van der Waals surface area contributed by atoms with Crippen LogP contribution in [0.5, 0.6) is 0 Å². The molecule has 2 unspecified atom stereocenters. The summed E-state index contributed by atoms with van der Waals surface area (Å²) in [5.74, 6) is -0.808. The molecule has 0 aliphatic heterocycles. The number of allylic oxidation sites excluding steroid dienone is 2. The van der Waals surface area contributed by atoms with Gasteiger partial charge in [-0.05, 0) is 38.5 Å². The van der Waals surface area contributed by atoms with Gasteiger partial charge in [0.05, 0.1) is 13.2 Å². The van der Waals surface area contributed by atoms with Gasteiger partial charge in [-0.2, -0.15) is 0 Å². The molecular formula is C63H124NO8P. The molecule has 9 nitrogen and oxygen atoms in total. The Balaban J connectivity index is 3.83. The van der Waals surface area contributed by atoms with Crippen molar-refractivity contribution < 1.29 is 37.6 Å². The van der Waals surface area contributed by atoms with Crippen molar-refractivity contribution >= 4 is 19.8 Å². The topological polar surface area (TPSA) is 134 Å². The van der Waals surface area contributed by atoms with Crippen molar-refractivity contribution in [2.75, 3.05) is 26.4 Å². The first-order chi connectivity index (χ1) is 35.8. The SMILES string of the molecule is CCCCCCCCCC/C=C\CCCCCCCCCCCC(=O)OC(COC(=O)CCCCCCCCCCCCCCCCCCCCCCCCCCCCCCCCC)COP(=O)(O)OCCN. The summed E-state index contributed by atoms with van der Waals surface area (Å²) < 4.78 is 33.1. The molecule has 0 aliphatic rings. The van der Waals surface area contributed by atoms with Gasteiger partial charge >= 0.3 is 19.8 Å². The van der Waals surface area contributed by atoms with Crippen LogP contribution < -0.4 is 5.73 Å². The number of hydrogen-bond donors (Lipinski definition) is 2. The first-order valence-electron chi connectivity index (χ1n) is 32.2. The smallest absolute Gasteiger partial charge is 0.462 e. The van der Waals surface area contributed by atoms with Crippen molar-refractivity contribution in [3.8, 4) is 0 Å². The summed E-state index contributed by atoms with van der Waals surface area (Å²) in [5.41, 5.74) is 5.39. The van der Waals surface area contributed by atoms with Crippen LogP contribution in [0.1, 0.15) is 348 Å². The first-order valence-corrected chi connectivity index (χ1v) is 33.7. The summed E-state index contributed by atoms with van der Waals surface area (Å²) in [5, 5.41) is 0.